The van der Waals surface area contributed by atoms with E-state index in [0.29, 0.717) is 16.5 Å². The number of carbonyl (C=O) groups is 3. The molecule has 2 saturated heterocycles. The number of likely N-dealkylation sites (tertiary alicyclic amines) is 1. The van der Waals surface area contributed by atoms with Gasteiger partial charge in [-0.3, -0.25) is 14.6 Å². The highest BCUT2D eigenvalue weighted by molar-refractivity contribution is 8.03. The van der Waals surface area contributed by atoms with E-state index in [1.54, 1.807) is 7.05 Å². The Morgan fingerprint density at radius 3 is 2.67 bits per heavy atom. The van der Waals surface area contributed by atoms with E-state index in [1.807, 2.05) is 0 Å². The van der Waals surface area contributed by atoms with Crippen LogP contribution in [-0.2, 0) is 16.6 Å². The van der Waals surface area contributed by atoms with Crippen molar-refractivity contribution in [2.24, 2.45) is 13.0 Å². The largest absolute Gasteiger partial charge is 0.477 e. The molecule has 0 radical (unpaired) electrons. The van der Waals surface area contributed by atoms with Crippen LogP contribution in [0.1, 0.15) is 6.42 Å². The van der Waals surface area contributed by atoms with E-state index >= 15 is 0 Å². The lowest BCUT2D eigenvalue weighted by Crippen LogP contribution is -2.69. The predicted octanol–water partition coefficient (Wildman–Crippen LogP) is -0.809. The summed E-state index contributed by atoms with van der Waals surface area (Å²) in [6.45, 7) is 0.209. The minimum atomic E-state index is -1.22. The maximum atomic E-state index is 12.4. The molecular formula is C12H12N6O5S. The number of hydrogen-bond donors (Lipinski definition) is 2. The third kappa shape index (κ3) is 1.85. The Hall–Kier alpha value is -2.63. The van der Waals surface area contributed by atoms with Crippen LogP contribution in [0.15, 0.2) is 15.8 Å². The van der Waals surface area contributed by atoms with E-state index in [1.165, 1.54) is 9.58 Å². The Morgan fingerprint density at radius 1 is 1.33 bits per heavy atom. The lowest BCUT2D eigenvalue weighted by atomic mass is 9.82. The number of carboxylic acid groups (broad SMARTS) is 2. The minimum Gasteiger partial charge on any atom is -0.477 e. The van der Waals surface area contributed by atoms with Crippen molar-refractivity contribution in [2.75, 3.05) is 6.54 Å². The first-order valence-electron chi connectivity index (χ1n) is 7.09. The molecule has 1 aromatic rings. The summed E-state index contributed by atoms with van der Waals surface area (Å²) >= 11 is 1.09. The molecule has 4 heterocycles. The molecule has 11 nitrogen and oxygen atoms in total. The van der Waals surface area contributed by atoms with Crippen molar-refractivity contribution >= 4 is 29.7 Å². The highest BCUT2D eigenvalue weighted by atomic mass is 32.2. The molecule has 0 unspecified atom stereocenters. The van der Waals surface area contributed by atoms with E-state index in [2.05, 4.69) is 15.5 Å². The van der Waals surface area contributed by atoms with Crippen molar-refractivity contribution < 1.29 is 24.6 Å². The van der Waals surface area contributed by atoms with Gasteiger partial charge in [-0.25, -0.2) is 14.3 Å². The number of rotatable bonds is 3. The molecule has 0 bridgehead atoms. The normalized spacial score (nSPS) is 28.0. The molecule has 2 fully saturated rings. The molecule has 2 N–H and O–H groups in total. The molecule has 3 aliphatic rings. The smallest absolute Gasteiger partial charge is 0.408 e. The fourth-order valence-electron chi connectivity index (χ4n) is 3.60. The van der Waals surface area contributed by atoms with Crippen molar-refractivity contribution in [2.45, 2.75) is 23.7 Å². The summed E-state index contributed by atoms with van der Waals surface area (Å²) in [5.74, 6) is -1.83. The zero-order chi connectivity index (χ0) is 17.2. The summed E-state index contributed by atoms with van der Waals surface area (Å²) in [7, 11) is 1.63. The Bertz CT molecular complexity index is 806. The molecule has 3 aliphatic heterocycles. The van der Waals surface area contributed by atoms with Crippen LogP contribution in [0.3, 0.4) is 0 Å². The number of aliphatic carboxylic acids is 1. The molecule has 0 spiro atoms. The number of hydrogen-bond acceptors (Lipinski definition) is 7. The van der Waals surface area contributed by atoms with Crippen LogP contribution in [0.5, 0.6) is 0 Å². The number of carboxylic acids is 1. The van der Waals surface area contributed by atoms with Crippen molar-refractivity contribution in [3.05, 3.63) is 10.6 Å². The van der Waals surface area contributed by atoms with Crippen LogP contribution in [0.2, 0.25) is 0 Å². The number of allylic oxidation sites excluding steroid dienone is 1. The molecule has 24 heavy (non-hydrogen) atoms. The van der Waals surface area contributed by atoms with E-state index in [0.717, 1.165) is 16.7 Å². The van der Waals surface area contributed by atoms with E-state index in [9.17, 15) is 24.6 Å². The van der Waals surface area contributed by atoms with E-state index in [4.69, 9.17) is 0 Å². The zero-order valence-corrected chi connectivity index (χ0v) is 13.2. The summed E-state index contributed by atoms with van der Waals surface area (Å²) in [4.78, 5) is 38.2. The number of nitrogens with zero attached hydrogens (tertiary/aromatic N) is 6. The summed E-state index contributed by atoms with van der Waals surface area (Å²) < 4.78 is 1.40. The van der Waals surface area contributed by atoms with Gasteiger partial charge >= 0.3 is 12.1 Å². The van der Waals surface area contributed by atoms with Crippen molar-refractivity contribution in [1.29, 1.82) is 0 Å². The maximum absolute atomic E-state index is 12.4. The lowest BCUT2D eigenvalue weighted by Gasteiger charge is -2.49. The molecular weight excluding hydrogens is 340 g/mol. The van der Waals surface area contributed by atoms with Crippen molar-refractivity contribution in [3.8, 4) is 0 Å². The first-order valence-corrected chi connectivity index (χ1v) is 7.91. The van der Waals surface area contributed by atoms with Gasteiger partial charge in [0.25, 0.3) is 5.91 Å². The number of amides is 2. The maximum Gasteiger partial charge on any atom is 0.408 e. The Kier molecular flexibility index (Phi) is 3.07. The molecule has 0 aromatic carbocycles. The molecule has 12 heteroatoms. The van der Waals surface area contributed by atoms with Crippen LogP contribution >= 0.6 is 11.8 Å². The quantitative estimate of drug-likeness (QED) is 0.668. The fourth-order valence-corrected chi connectivity index (χ4v) is 4.64. The standard InChI is InChI=1S/C12H12N6O5S/c1-16-11(13-14-15-16)24-5-2-4-3-17(12(22)23)8-6(4)18(9(8)19)7(5)10(20)21/h4,6,8H,2-3H2,1H3,(H,20,21)(H,22,23)/t4-,6-,8+/m1/s1. The van der Waals surface area contributed by atoms with Gasteiger partial charge in [0.1, 0.15) is 11.7 Å². The molecule has 2 amide bonds. The number of tetrazole rings is 1. The van der Waals surface area contributed by atoms with E-state index in [-0.39, 0.29) is 18.2 Å². The summed E-state index contributed by atoms with van der Waals surface area (Å²) in [6, 6.07) is -1.17. The number of β-lactam (4-membered cyclic amide) rings is 1. The van der Waals surface area contributed by atoms with Gasteiger partial charge < -0.3 is 10.2 Å². The lowest BCUT2D eigenvalue weighted by molar-refractivity contribution is -0.156. The average molecular weight is 352 g/mol. The Morgan fingerprint density at radius 2 is 2.08 bits per heavy atom. The summed E-state index contributed by atoms with van der Waals surface area (Å²) in [6.07, 6.45) is -0.792. The Balaban J connectivity index is 1.73. The average Bonchev–Trinajstić information content (AvgIpc) is 3.08. The number of carbonyl (C=O) groups excluding carboxylic acids is 1. The zero-order valence-electron chi connectivity index (χ0n) is 12.4. The monoisotopic (exact) mass is 352 g/mol. The van der Waals surface area contributed by atoms with Crippen LogP contribution in [0.25, 0.3) is 0 Å². The summed E-state index contributed by atoms with van der Waals surface area (Å²) in [5.41, 5.74) is -0.0993. The van der Waals surface area contributed by atoms with Crippen molar-refractivity contribution in [1.82, 2.24) is 30.0 Å². The molecule has 4 rings (SSSR count). The van der Waals surface area contributed by atoms with Gasteiger partial charge in [0.15, 0.2) is 0 Å². The van der Waals surface area contributed by atoms with E-state index < -0.39 is 30.1 Å². The minimum absolute atomic E-state index is 0.0993. The molecule has 1 aromatic heterocycles. The molecule has 0 saturated carbocycles. The van der Waals surface area contributed by atoms with Gasteiger partial charge in [-0.1, -0.05) is 11.8 Å². The van der Waals surface area contributed by atoms with Crippen LogP contribution < -0.4 is 0 Å². The second-order valence-electron chi connectivity index (χ2n) is 5.81. The van der Waals surface area contributed by atoms with Gasteiger partial charge in [-0.15, -0.1) is 5.10 Å². The van der Waals surface area contributed by atoms with Crippen LogP contribution in [-0.4, -0.2) is 76.8 Å². The first-order chi connectivity index (χ1) is 11.4. The third-order valence-corrected chi connectivity index (χ3v) is 5.69. The van der Waals surface area contributed by atoms with Crippen LogP contribution in [0, 0.1) is 5.92 Å². The fraction of sp³-hybridized carbons (Fsp3) is 0.500. The van der Waals surface area contributed by atoms with Gasteiger partial charge in [0.2, 0.25) is 5.16 Å². The SMILES string of the molecule is Cn1nnnc1SC1=C(C(=O)O)N2C(=O)[C@@H]3[C@H]2[C@H](C1)CN3C(=O)O. The highest BCUT2D eigenvalue weighted by Gasteiger charge is 2.64. The number of aromatic nitrogens is 4. The second kappa shape index (κ2) is 4.93. The van der Waals surface area contributed by atoms with Gasteiger partial charge in [0.05, 0.1) is 6.04 Å². The van der Waals surface area contributed by atoms with Crippen LogP contribution in [0.4, 0.5) is 4.79 Å². The number of aryl methyl sites for hydroxylation is 1. The number of thioether (sulfide) groups is 1. The third-order valence-electron chi connectivity index (χ3n) is 4.56. The van der Waals surface area contributed by atoms with Crippen molar-refractivity contribution in [3.63, 3.8) is 0 Å². The Labute approximate surface area is 138 Å². The molecule has 126 valence electrons. The highest BCUT2D eigenvalue weighted by Crippen LogP contribution is 2.50. The van der Waals surface area contributed by atoms with Gasteiger partial charge in [0, 0.05) is 24.4 Å². The summed E-state index contributed by atoms with van der Waals surface area (Å²) in [5, 5.41) is 30.2. The molecule has 0 aliphatic carbocycles. The van der Waals surface area contributed by atoms with Gasteiger partial charge in [-0.05, 0) is 16.8 Å². The predicted molar refractivity (Wildman–Crippen MR) is 76.6 cm³/mol. The topological polar surface area (TPSA) is 142 Å². The first kappa shape index (κ1) is 14.9. The molecule has 3 atom stereocenters. The van der Waals surface area contributed by atoms with Gasteiger partial charge in [-0.2, -0.15) is 0 Å². The second-order valence-corrected chi connectivity index (χ2v) is 6.87.